The van der Waals surface area contributed by atoms with E-state index in [1.54, 1.807) is 0 Å². The normalized spacial score (nSPS) is 14.2. The molecule has 105 heavy (non-hydrogen) atoms. The summed E-state index contributed by atoms with van der Waals surface area (Å²) < 4.78 is 68.9. The lowest BCUT2D eigenvalue weighted by Crippen LogP contribution is -2.30. The minimum Gasteiger partial charge on any atom is -0.462 e. The van der Waals surface area contributed by atoms with Crippen LogP contribution in [0, 0.1) is 23.7 Å². The number of esters is 4. The lowest BCUT2D eigenvalue weighted by atomic mass is 10.00. The Morgan fingerprint density at radius 2 is 0.457 bits per heavy atom. The largest absolute Gasteiger partial charge is 0.472 e. The van der Waals surface area contributed by atoms with Gasteiger partial charge in [-0.15, -0.1) is 0 Å². The Balaban J connectivity index is 5.22. The van der Waals surface area contributed by atoms with Gasteiger partial charge in [-0.05, 0) is 49.4 Å². The number of aliphatic hydroxyl groups is 1. The van der Waals surface area contributed by atoms with E-state index in [0.717, 1.165) is 120 Å². The summed E-state index contributed by atoms with van der Waals surface area (Å²) in [6.07, 6.45) is 63.9. The average Bonchev–Trinajstić information content (AvgIpc) is 0.903. The Bertz CT molecular complexity index is 2040. The second-order valence-electron chi connectivity index (χ2n) is 32.6. The van der Waals surface area contributed by atoms with Crippen molar-refractivity contribution >= 4 is 39.5 Å². The second-order valence-corrected chi connectivity index (χ2v) is 35.5. The van der Waals surface area contributed by atoms with Crippen molar-refractivity contribution in [1.29, 1.82) is 0 Å². The van der Waals surface area contributed by atoms with Gasteiger partial charge in [-0.2, -0.15) is 0 Å². The highest BCUT2D eigenvalue weighted by molar-refractivity contribution is 7.47. The molecule has 19 heteroatoms. The number of phosphoric ester groups is 2. The van der Waals surface area contributed by atoms with Gasteiger partial charge >= 0.3 is 39.5 Å². The molecule has 6 atom stereocenters. The monoisotopic (exact) mass is 1540 g/mol. The number of phosphoric acid groups is 2. The number of hydrogen-bond donors (Lipinski definition) is 3. The first-order valence-electron chi connectivity index (χ1n) is 44.2. The van der Waals surface area contributed by atoms with Crippen LogP contribution in [-0.4, -0.2) is 96.7 Å². The molecular weight excluding hydrogens is 1370 g/mol. The van der Waals surface area contributed by atoms with Crippen molar-refractivity contribution < 1.29 is 80.2 Å². The fraction of sp³-hybridized carbons (Fsp3) is 0.953. The lowest BCUT2D eigenvalue weighted by Gasteiger charge is -2.21. The van der Waals surface area contributed by atoms with E-state index in [1.165, 1.54) is 244 Å². The highest BCUT2D eigenvalue weighted by Crippen LogP contribution is 2.45. The zero-order chi connectivity index (χ0) is 77.4. The van der Waals surface area contributed by atoms with Gasteiger partial charge in [0.2, 0.25) is 0 Å². The summed E-state index contributed by atoms with van der Waals surface area (Å²) in [5.74, 6) is 1.03. The summed E-state index contributed by atoms with van der Waals surface area (Å²) in [5.41, 5.74) is 0. The lowest BCUT2D eigenvalue weighted by molar-refractivity contribution is -0.161. The Kier molecular flexibility index (Phi) is 73.4. The van der Waals surface area contributed by atoms with Gasteiger partial charge in [0.05, 0.1) is 26.4 Å². The van der Waals surface area contributed by atoms with Gasteiger partial charge in [-0.1, -0.05) is 396 Å². The van der Waals surface area contributed by atoms with E-state index < -0.39 is 97.5 Å². The predicted octanol–water partition coefficient (Wildman–Crippen LogP) is 25.9. The highest BCUT2D eigenvalue weighted by Gasteiger charge is 2.31. The number of ether oxygens (including phenoxy) is 4. The SMILES string of the molecule is CCC(C)CCCCCCCCC(=O)OC[C@H](COP(=O)(O)OC[C@H](O)COP(=O)(O)OC[C@@H](COC(=O)CCCCCCCCCCCCCCCCCCCCC(C)C)OC(=O)CCCCCCCCCCCCCCCC(C)C)OC(=O)CCCCCCCCCCCCCCCCCC(C)C. The highest BCUT2D eigenvalue weighted by atomic mass is 31.2. The number of rotatable bonds is 83. The molecule has 0 heterocycles. The van der Waals surface area contributed by atoms with Gasteiger partial charge in [-0.25, -0.2) is 9.13 Å². The van der Waals surface area contributed by atoms with Gasteiger partial charge < -0.3 is 33.8 Å². The third kappa shape index (κ3) is 78.5. The number of unbranched alkanes of at least 4 members (excludes halogenated alkanes) is 48. The van der Waals surface area contributed by atoms with Crippen LogP contribution in [0.5, 0.6) is 0 Å². The molecule has 0 radical (unpaired) electrons. The molecule has 0 fully saturated rings. The number of hydrogen-bond acceptors (Lipinski definition) is 15. The molecule has 0 aliphatic heterocycles. The van der Waals surface area contributed by atoms with Crippen molar-refractivity contribution in [3.05, 3.63) is 0 Å². The molecule has 0 saturated heterocycles. The number of carbonyl (C=O) groups is 4. The summed E-state index contributed by atoms with van der Waals surface area (Å²) >= 11 is 0. The zero-order valence-corrected chi connectivity index (χ0v) is 71.2. The van der Waals surface area contributed by atoms with Crippen LogP contribution in [0.2, 0.25) is 0 Å². The minimum atomic E-state index is -4.97. The van der Waals surface area contributed by atoms with Crippen molar-refractivity contribution in [2.75, 3.05) is 39.6 Å². The van der Waals surface area contributed by atoms with E-state index in [2.05, 4.69) is 55.4 Å². The van der Waals surface area contributed by atoms with Crippen LogP contribution in [0.25, 0.3) is 0 Å². The first-order chi connectivity index (χ1) is 50.6. The maximum Gasteiger partial charge on any atom is 0.472 e. The third-order valence-corrected chi connectivity index (χ3v) is 22.3. The molecule has 0 aliphatic carbocycles. The maximum atomic E-state index is 13.1. The van der Waals surface area contributed by atoms with Crippen LogP contribution in [0.15, 0.2) is 0 Å². The smallest absolute Gasteiger partial charge is 0.462 e. The molecule has 624 valence electrons. The van der Waals surface area contributed by atoms with Crippen LogP contribution in [0.1, 0.15) is 447 Å². The second kappa shape index (κ2) is 74.8. The van der Waals surface area contributed by atoms with E-state index >= 15 is 0 Å². The molecule has 0 rings (SSSR count). The Hall–Kier alpha value is -1.94. The molecule has 17 nitrogen and oxygen atoms in total. The van der Waals surface area contributed by atoms with Gasteiger partial charge in [0.15, 0.2) is 12.2 Å². The molecule has 0 bridgehead atoms. The van der Waals surface area contributed by atoms with E-state index in [0.29, 0.717) is 25.7 Å². The van der Waals surface area contributed by atoms with Crippen LogP contribution in [0.4, 0.5) is 0 Å². The number of aliphatic hydroxyl groups excluding tert-OH is 1. The van der Waals surface area contributed by atoms with E-state index in [4.69, 9.17) is 37.0 Å². The van der Waals surface area contributed by atoms with Crippen LogP contribution < -0.4 is 0 Å². The van der Waals surface area contributed by atoms with Crippen LogP contribution >= 0.6 is 15.6 Å². The first-order valence-corrected chi connectivity index (χ1v) is 47.2. The number of carbonyl (C=O) groups excluding carboxylic acids is 4. The van der Waals surface area contributed by atoms with E-state index in [9.17, 15) is 43.2 Å². The maximum absolute atomic E-state index is 13.1. The van der Waals surface area contributed by atoms with Gasteiger partial charge in [0.1, 0.15) is 19.3 Å². The molecule has 0 saturated carbocycles. The molecule has 3 N–H and O–H groups in total. The average molecular weight is 1540 g/mol. The quantitative estimate of drug-likeness (QED) is 0.0222. The molecule has 3 unspecified atom stereocenters. The third-order valence-electron chi connectivity index (χ3n) is 20.4. The molecule has 0 spiro atoms. The summed E-state index contributed by atoms with van der Waals surface area (Å²) in [6.45, 7) is 14.3. The van der Waals surface area contributed by atoms with Gasteiger partial charge in [-0.3, -0.25) is 37.3 Å². The zero-order valence-electron chi connectivity index (χ0n) is 69.4. The Morgan fingerprint density at radius 3 is 0.676 bits per heavy atom. The van der Waals surface area contributed by atoms with Crippen molar-refractivity contribution in [3.8, 4) is 0 Å². The molecule has 0 aromatic rings. The topological polar surface area (TPSA) is 237 Å². The molecular formula is C86H168O17P2. The molecule has 0 aromatic heterocycles. The Morgan fingerprint density at radius 1 is 0.267 bits per heavy atom. The molecule has 0 aromatic carbocycles. The van der Waals surface area contributed by atoms with Crippen molar-refractivity contribution in [2.45, 2.75) is 465 Å². The fourth-order valence-electron chi connectivity index (χ4n) is 13.3. The van der Waals surface area contributed by atoms with E-state index in [1.807, 2.05) is 0 Å². The van der Waals surface area contributed by atoms with Crippen LogP contribution in [0.3, 0.4) is 0 Å². The molecule has 0 aliphatic rings. The van der Waals surface area contributed by atoms with Gasteiger partial charge in [0, 0.05) is 25.7 Å². The van der Waals surface area contributed by atoms with Crippen molar-refractivity contribution in [3.63, 3.8) is 0 Å². The summed E-state index contributed by atoms with van der Waals surface area (Å²) in [4.78, 5) is 73.2. The van der Waals surface area contributed by atoms with Crippen molar-refractivity contribution in [2.24, 2.45) is 23.7 Å². The van der Waals surface area contributed by atoms with Crippen LogP contribution in [-0.2, 0) is 65.4 Å². The van der Waals surface area contributed by atoms with Gasteiger partial charge in [0.25, 0.3) is 0 Å². The van der Waals surface area contributed by atoms with E-state index in [-0.39, 0.29) is 25.7 Å². The predicted molar refractivity (Wildman–Crippen MR) is 432 cm³/mol. The summed E-state index contributed by atoms with van der Waals surface area (Å²) in [6, 6.07) is 0. The minimum absolute atomic E-state index is 0.107. The van der Waals surface area contributed by atoms with Crippen molar-refractivity contribution in [1.82, 2.24) is 0 Å². The fourth-order valence-corrected chi connectivity index (χ4v) is 14.9. The standard InChI is InChI=1S/C86H168O17P2/c1-9-79(8)65-57-49-44-45-51-59-67-84(89)97-73-82(103-86(91)68-60-52-42-36-30-24-18-14-16-21-27-33-39-47-55-63-77(4)5)75-101-105(94,95)99-71-80(87)70-98-104(92,93)100-74-81(102-85(90)69-61-53-43-37-31-25-19-22-28-34-40-48-56-64-78(6)7)72-96-83(88)66-58-50-41-35-29-23-17-13-11-10-12-15-20-26-32-38-46-54-62-76(2)3/h76-82,87H,9-75H2,1-8H3,(H,92,93)(H,94,95)/t79?,80-,81-,82-/m1/s1. The Labute approximate surface area is 645 Å². The summed E-state index contributed by atoms with van der Waals surface area (Å²) in [7, 11) is -9.93. The summed E-state index contributed by atoms with van der Waals surface area (Å²) in [5, 5.41) is 10.7. The first kappa shape index (κ1) is 103. The molecule has 0 amide bonds.